The Labute approximate surface area is 142 Å². The first kappa shape index (κ1) is 19.0. The highest BCUT2D eigenvalue weighted by Gasteiger charge is 2.14. The molecule has 124 valence electrons. The van der Waals surface area contributed by atoms with E-state index in [0.29, 0.717) is 0 Å². The molecule has 0 spiro atoms. The van der Waals surface area contributed by atoms with E-state index in [4.69, 9.17) is 0 Å². The summed E-state index contributed by atoms with van der Waals surface area (Å²) in [6.45, 7) is 13.4. The molecule has 0 fully saturated rings. The molecule has 0 heterocycles. The molecule has 0 aromatic heterocycles. The van der Waals surface area contributed by atoms with Gasteiger partial charge in [0, 0.05) is 17.9 Å². The van der Waals surface area contributed by atoms with E-state index in [-0.39, 0.29) is 0 Å². The molecule has 1 aliphatic carbocycles. The Morgan fingerprint density at radius 1 is 1.17 bits per heavy atom. The molecule has 0 bridgehead atoms. The van der Waals surface area contributed by atoms with Crippen molar-refractivity contribution in [3.8, 4) is 0 Å². The van der Waals surface area contributed by atoms with E-state index in [9.17, 15) is 0 Å². The van der Waals surface area contributed by atoms with Crippen LogP contribution in [0.4, 0.5) is 0 Å². The first-order valence-corrected chi connectivity index (χ1v) is 8.51. The van der Waals surface area contributed by atoms with Crippen LogP contribution < -0.4 is 0 Å². The Kier molecular flexibility index (Phi) is 8.82. The molecule has 0 amide bonds. The molecule has 0 aliphatic heterocycles. The number of allylic oxidation sites excluding steroid dienone is 10. The van der Waals surface area contributed by atoms with Gasteiger partial charge in [0.15, 0.2) is 0 Å². The van der Waals surface area contributed by atoms with E-state index in [0.717, 1.165) is 25.8 Å². The minimum absolute atomic E-state index is 0.966. The second kappa shape index (κ2) is 10.7. The average Bonchev–Trinajstić information content (AvgIpc) is 2.53. The highest BCUT2D eigenvalue weighted by atomic mass is 15.1. The monoisotopic (exact) mass is 309 g/mol. The van der Waals surface area contributed by atoms with Gasteiger partial charge in [0.1, 0.15) is 0 Å². The minimum Gasteiger partial charge on any atom is -0.341 e. The second-order valence-corrected chi connectivity index (χ2v) is 5.80. The summed E-state index contributed by atoms with van der Waals surface area (Å²) in [5.41, 5.74) is 5.28. The van der Waals surface area contributed by atoms with E-state index < -0.39 is 0 Å². The van der Waals surface area contributed by atoms with Gasteiger partial charge in [0.05, 0.1) is 0 Å². The van der Waals surface area contributed by atoms with Gasteiger partial charge < -0.3 is 4.90 Å². The SMILES string of the molecule is C=C/C=C(\C=C/C)N(CC/C=C\C)C1=CC/C=C(/C)CC=C1C. The van der Waals surface area contributed by atoms with Crippen molar-refractivity contribution >= 4 is 0 Å². The third-order valence-electron chi connectivity index (χ3n) is 3.90. The lowest BCUT2D eigenvalue weighted by Gasteiger charge is -2.30. The van der Waals surface area contributed by atoms with Crippen molar-refractivity contribution < 1.29 is 0 Å². The Bertz CT molecular complexity index is 565. The summed E-state index contributed by atoms with van der Waals surface area (Å²) in [5, 5.41) is 0. The van der Waals surface area contributed by atoms with Crippen molar-refractivity contribution in [2.24, 2.45) is 0 Å². The van der Waals surface area contributed by atoms with Crippen LogP contribution in [0.3, 0.4) is 0 Å². The lowest BCUT2D eigenvalue weighted by molar-refractivity contribution is 0.451. The highest BCUT2D eigenvalue weighted by molar-refractivity contribution is 5.37. The zero-order chi connectivity index (χ0) is 17.1. The van der Waals surface area contributed by atoms with Crippen LogP contribution in [0.25, 0.3) is 0 Å². The lowest BCUT2D eigenvalue weighted by Crippen LogP contribution is -2.24. The van der Waals surface area contributed by atoms with Gasteiger partial charge in [-0.3, -0.25) is 0 Å². The topological polar surface area (TPSA) is 3.24 Å². The molecule has 0 atom stereocenters. The van der Waals surface area contributed by atoms with Crippen molar-refractivity contribution in [3.63, 3.8) is 0 Å². The highest BCUT2D eigenvalue weighted by Crippen LogP contribution is 2.25. The van der Waals surface area contributed by atoms with Gasteiger partial charge in [-0.25, -0.2) is 0 Å². The van der Waals surface area contributed by atoms with Gasteiger partial charge in [-0.05, 0) is 64.7 Å². The van der Waals surface area contributed by atoms with Gasteiger partial charge >= 0.3 is 0 Å². The molecule has 0 saturated heterocycles. The summed E-state index contributed by atoms with van der Waals surface area (Å²) >= 11 is 0. The van der Waals surface area contributed by atoms with E-state index >= 15 is 0 Å². The van der Waals surface area contributed by atoms with Crippen LogP contribution in [0.2, 0.25) is 0 Å². The second-order valence-electron chi connectivity index (χ2n) is 5.80. The largest absolute Gasteiger partial charge is 0.341 e. The maximum atomic E-state index is 3.87. The Balaban J connectivity index is 3.23. The summed E-state index contributed by atoms with van der Waals surface area (Å²) in [7, 11) is 0. The zero-order valence-electron chi connectivity index (χ0n) is 15.2. The van der Waals surface area contributed by atoms with Crippen molar-refractivity contribution in [1.29, 1.82) is 0 Å². The fourth-order valence-electron chi connectivity index (χ4n) is 2.64. The molecule has 1 rings (SSSR count). The molecular weight excluding hydrogens is 278 g/mol. The van der Waals surface area contributed by atoms with Crippen LogP contribution in [0.15, 0.2) is 83.8 Å². The van der Waals surface area contributed by atoms with Crippen LogP contribution in [0, 0.1) is 0 Å². The van der Waals surface area contributed by atoms with E-state index in [2.05, 4.69) is 87.8 Å². The van der Waals surface area contributed by atoms with Gasteiger partial charge in [-0.15, -0.1) is 0 Å². The molecule has 1 heteroatoms. The third kappa shape index (κ3) is 6.32. The fourth-order valence-corrected chi connectivity index (χ4v) is 2.64. The van der Waals surface area contributed by atoms with Crippen LogP contribution in [0.5, 0.6) is 0 Å². The summed E-state index contributed by atoms with van der Waals surface area (Å²) in [6.07, 6.45) is 22.6. The summed E-state index contributed by atoms with van der Waals surface area (Å²) < 4.78 is 0. The third-order valence-corrected chi connectivity index (χ3v) is 3.90. The predicted molar refractivity (Wildman–Crippen MR) is 104 cm³/mol. The summed E-state index contributed by atoms with van der Waals surface area (Å²) in [5.74, 6) is 0. The maximum Gasteiger partial charge on any atom is 0.0407 e. The van der Waals surface area contributed by atoms with Crippen molar-refractivity contribution in [2.75, 3.05) is 6.54 Å². The molecule has 0 aromatic rings. The average molecular weight is 309 g/mol. The molecular formula is C22H31N. The van der Waals surface area contributed by atoms with Gasteiger partial charge in [-0.1, -0.05) is 54.7 Å². The van der Waals surface area contributed by atoms with Crippen molar-refractivity contribution in [3.05, 3.63) is 83.8 Å². The zero-order valence-corrected chi connectivity index (χ0v) is 15.2. The van der Waals surface area contributed by atoms with Gasteiger partial charge in [0.25, 0.3) is 0 Å². The van der Waals surface area contributed by atoms with E-state index in [1.165, 1.54) is 22.5 Å². The van der Waals surface area contributed by atoms with Crippen molar-refractivity contribution in [1.82, 2.24) is 4.90 Å². The predicted octanol–water partition coefficient (Wildman–Crippen LogP) is 6.47. The van der Waals surface area contributed by atoms with Gasteiger partial charge in [0.2, 0.25) is 0 Å². The van der Waals surface area contributed by atoms with Crippen LogP contribution >= 0.6 is 0 Å². The number of rotatable bonds is 7. The first-order valence-electron chi connectivity index (χ1n) is 8.51. The van der Waals surface area contributed by atoms with Crippen molar-refractivity contribution in [2.45, 2.75) is 47.0 Å². The molecule has 0 saturated carbocycles. The molecule has 1 nitrogen and oxygen atoms in total. The smallest absolute Gasteiger partial charge is 0.0407 e. The molecule has 0 aromatic carbocycles. The van der Waals surface area contributed by atoms with Gasteiger partial charge in [-0.2, -0.15) is 0 Å². The molecule has 0 radical (unpaired) electrons. The minimum atomic E-state index is 0.966. The molecule has 0 N–H and O–H groups in total. The standard InChI is InChI=1S/C22H31N/c1-6-9-10-18-23(21(12-7-2)13-8-3)22-15-11-14-19(4)16-17-20(22)5/h6-9,12-15,17H,2,10-11,16,18H2,1,3-5H3/b9-6-,13-8-,19-14-,20-17?,21-12+,22-15?. The number of hydrogen-bond donors (Lipinski definition) is 0. The number of nitrogens with zero attached hydrogens (tertiary/aromatic N) is 1. The first-order chi connectivity index (χ1) is 11.1. The maximum absolute atomic E-state index is 3.87. The number of hydrogen-bond acceptors (Lipinski definition) is 1. The molecule has 0 unspecified atom stereocenters. The summed E-state index contributed by atoms with van der Waals surface area (Å²) in [4.78, 5) is 2.40. The van der Waals surface area contributed by atoms with Crippen LogP contribution in [0.1, 0.15) is 47.0 Å². The Hall–Kier alpha value is -2.02. The quantitative estimate of drug-likeness (QED) is 0.385. The van der Waals surface area contributed by atoms with Crippen LogP contribution in [-0.4, -0.2) is 11.4 Å². The lowest BCUT2D eigenvalue weighted by atomic mass is 10.0. The van der Waals surface area contributed by atoms with Crippen LogP contribution in [-0.2, 0) is 0 Å². The fraction of sp³-hybridized carbons (Fsp3) is 0.364. The molecule has 1 aliphatic rings. The normalized spacial score (nSPS) is 19.0. The van der Waals surface area contributed by atoms with E-state index in [1.807, 2.05) is 6.08 Å². The Morgan fingerprint density at radius 3 is 2.61 bits per heavy atom. The molecule has 23 heavy (non-hydrogen) atoms. The summed E-state index contributed by atoms with van der Waals surface area (Å²) in [6, 6.07) is 0. The van der Waals surface area contributed by atoms with E-state index in [1.54, 1.807) is 0 Å². The Morgan fingerprint density at radius 2 is 1.96 bits per heavy atom.